The first kappa shape index (κ1) is 18.4. The predicted octanol–water partition coefficient (Wildman–Crippen LogP) is 1.97. The van der Waals surface area contributed by atoms with Crippen molar-refractivity contribution < 1.29 is 18.9 Å². The van der Waals surface area contributed by atoms with E-state index in [1.807, 2.05) is 0 Å². The zero-order chi connectivity index (χ0) is 20.4. The lowest BCUT2D eigenvalue weighted by Gasteiger charge is -2.34. The van der Waals surface area contributed by atoms with Gasteiger partial charge in [-0.3, -0.25) is 19.7 Å². The van der Waals surface area contributed by atoms with Crippen LogP contribution in [-0.4, -0.2) is 62.3 Å². The Hall–Kier alpha value is -3.95. The topological polar surface area (TPSA) is 115 Å². The fourth-order valence-electron chi connectivity index (χ4n) is 3.29. The molecule has 0 atom stereocenters. The number of imidazole rings is 1. The van der Waals surface area contributed by atoms with Gasteiger partial charge in [-0.2, -0.15) is 0 Å². The quantitative estimate of drug-likeness (QED) is 0.493. The van der Waals surface area contributed by atoms with Crippen molar-refractivity contribution in [1.29, 1.82) is 0 Å². The molecule has 10 heteroatoms. The third kappa shape index (κ3) is 3.59. The third-order valence-electron chi connectivity index (χ3n) is 4.82. The molecule has 148 valence electrons. The van der Waals surface area contributed by atoms with Crippen LogP contribution in [0.15, 0.2) is 59.9 Å². The highest BCUT2D eigenvalue weighted by Crippen LogP contribution is 2.25. The molecule has 10 nitrogen and oxygen atoms in total. The Bertz CT molecular complexity index is 1040. The molecule has 0 saturated carbocycles. The van der Waals surface area contributed by atoms with Crippen molar-refractivity contribution in [2.24, 2.45) is 0 Å². The number of rotatable bonds is 4. The van der Waals surface area contributed by atoms with E-state index in [9.17, 15) is 19.7 Å². The van der Waals surface area contributed by atoms with Gasteiger partial charge < -0.3 is 18.8 Å². The molecule has 4 rings (SSSR count). The van der Waals surface area contributed by atoms with Gasteiger partial charge in [-0.25, -0.2) is 4.98 Å². The second kappa shape index (κ2) is 7.58. The van der Waals surface area contributed by atoms with Gasteiger partial charge >= 0.3 is 0 Å². The van der Waals surface area contributed by atoms with E-state index in [-0.39, 0.29) is 23.1 Å². The van der Waals surface area contributed by atoms with E-state index in [1.54, 1.807) is 28.1 Å². The molecule has 0 N–H and O–H groups in total. The lowest BCUT2D eigenvalue weighted by Crippen LogP contribution is -2.50. The summed E-state index contributed by atoms with van der Waals surface area (Å²) in [5.74, 6) is -0.452. The fourth-order valence-corrected chi connectivity index (χ4v) is 3.29. The minimum absolute atomic E-state index is 0.147. The molecule has 0 bridgehead atoms. The van der Waals surface area contributed by atoms with Crippen LogP contribution in [0.1, 0.15) is 20.7 Å². The number of amides is 2. The normalized spacial score (nSPS) is 14.1. The first-order valence-electron chi connectivity index (χ1n) is 8.92. The van der Waals surface area contributed by atoms with Gasteiger partial charge in [-0.1, -0.05) is 0 Å². The van der Waals surface area contributed by atoms with Gasteiger partial charge in [-0.05, 0) is 18.2 Å². The number of benzene rings is 1. The van der Waals surface area contributed by atoms with Crippen LogP contribution in [0, 0.1) is 10.1 Å². The summed E-state index contributed by atoms with van der Waals surface area (Å²) in [5.41, 5.74) is 0.855. The van der Waals surface area contributed by atoms with Crippen molar-refractivity contribution in [2.45, 2.75) is 0 Å². The predicted molar refractivity (Wildman–Crippen MR) is 101 cm³/mol. The van der Waals surface area contributed by atoms with Crippen LogP contribution in [0.3, 0.4) is 0 Å². The molecule has 0 radical (unpaired) electrons. The lowest BCUT2D eigenvalue weighted by molar-refractivity contribution is -0.384. The maximum absolute atomic E-state index is 12.8. The molecule has 1 fully saturated rings. The second-order valence-corrected chi connectivity index (χ2v) is 6.53. The van der Waals surface area contributed by atoms with Crippen LogP contribution in [0.5, 0.6) is 0 Å². The maximum Gasteiger partial charge on any atom is 0.294 e. The maximum atomic E-state index is 12.8. The number of aromatic nitrogens is 2. The third-order valence-corrected chi connectivity index (χ3v) is 4.82. The van der Waals surface area contributed by atoms with E-state index in [0.717, 1.165) is 0 Å². The average molecular weight is 395 g/mol. The number of carbonyl (C=O) groups excluding carboxylic acids is 2. The summed E-state index contributed by atoms with van der Waals surface area (Å²) in [4.78, 5) is 43.3. The molecule has 3 aromatic rings. The minimum atomic E-state index is -0.520. The van der Waals surface area contributed by atoms with Crippen molar-refractivity contribution in [1.82, 2.24) is 19.4 Å². The molecule has 1 aromatic carbocycles. The number of nitro groups is 1. The van der Waals surface area contributed by atoms with Gasteiger partial charge in [-0.15, -0.1) is 0 Å². The number of furan rings is 1. The van der Waals surface area contributed by atoms with E-state index in [2.05, 4.69) is 4.98 Å². The second-order valence-electron chi connectivity index (χ2n) is 6.53. The summed E-state index contributed by atoms with van der Waals surface area (Å²) in [5, 5.41) is 11.5. The Morgan fingerprint density at radius 2 is 1.72 bits per heavy atom. The first-order chi connectivity index (χ1) is 14.0. The molecule has 1 aliphatic rings. The average Bonchev–Trinajstić information content (AvgIpc) is 3.46. The Balaban J connectivity index is 1.48. The van der Waals surface area contributed by atoms with E-state index < -0.39 is 4.92 Å². The van der Waals surface area contributed by atoms with Crippen LogP contribution in [0.4, 0.5) is 5.69 Å². The van der Waals surface area contributed by atoms with Crippen molar-refractivity contribution in [3.05, 3.63) is 76.8 Å². The Kier molecular flexibility index (Phi) is 4.82. The zero-order valence-electron chi connectivity index (χ0n) is 15.3. The molecule has 2 aromatic heterocycles. The molecule has 1 aliphatic heterocycles. The van der Waals surface area contributed by atoms with Gasteiger partial charge in [0, 0.05) is 50.2 Å². The number of hydrogen-bond acceptors (Lipinski definition) is 6. The molecule has 0 unspecified atom stereocenters. The van der Waals surface area contributed by atoms with Gasteiger partial charge in [0.1, 0.15) is 12.0 Å². The standard InChI is InChI=1S/C19H17N5O5/c25-18(21-6-8-22(9-7-21)19(26)15-3-10-29-12-15)14-1-2-16(17(11-14)24(27)28)23-5-4-20-13-23/h1-5,10-13H,6-9H2. The number of piperazine rings is 1. The van der Waals surface area contributed by atoms with Gasteiger partial charge in [0.25, 0.3) is 17.5 Å². The summed E-state index contributed by atoms with van der Waals surface area (Å²) in [6.07, 6.45) is 7.40. The van der Waals surface area contributed by atoms with E-state index >= 15 is 0 Å². The molecular formula is C19H17N5O5. The van der Waals surface area contributed by atoms with Gasteiger partial charge in [0.05, 0.1) is 23.1 Å². The largest absolute Gasteiger partial charge is 0.472 e. The number of nitro benzene ring substituents is 1. The van der Waals surface area contributed by atoms with Crippen LogP contribution in [-0.2, 0) is 0 Å². The van der Waals surface area contributed by atoms with E-state index in [4.69, 9.17) is 4.42 Å². The molecule has 1 saturated heterocycles. The van der Waals surface area contributed by atoms with Crippen LogP contribution < -0.4 is 0 Å². The summed E-state index contributed by atoms with van der Waals surface area (Å²) < 4.78 is 6.46. The molecule has 0 aliphatic carbocycles. The van der Waals surface area contributed by atoms with Crippen molar-refractivity contribution in [3.63, 3.8) is 0 Å². The summed E-state index contributed by atoms with van der Waals surface area (Å²) in [6.45, 7) is 1.45. The highest BCUT2D eigenvalue weighted by Gasteiger charge is 2.27. The summed E-state index contributed by atoms with van der Waals surface area (Å²) in [6, 6.07) is 5.97. The van der Waals surface area contributed by atoms with E-state index in [1.165, 1.54) is 41.8 Å². The van der Waals surface area contributed by atoms with Gasteiger partial charge in [0.15, 0.2) is 0 Å². The highest BCUT2D eigenvalue weighted by atomic mass is 16.6. The fraction of sp³-hybridized carbons (Fsp3) is 0.211. The molecule has 29 heavy (non-hydrogen) atoms. The Morgan fingerprint density at radius 1 is 1.03 bits per heavy atom. The van der Waals surface area contributed by atoms with E-state index in [0.29, 0.717) is 37.4 Å². The number of hydrogen-bond donors (Lipinski definition) is 0. The number of carbonyl (C=O) groups is 2. The molecule has 2 amide bonds. The molecular weight excluding hydrogens is 378 g/mol. The van der Waals surface area contributed by atoms with Crippen molar-refractivity contribution in [2.75, 3.05) is 26.2 Å². The van der Waals surface area contributed by atoms with Gasteiger partial charge in [0.2, 0.25) is 0 Å². The summed E-state index contributed by atoms with van der Waals surface area (Å²) >= 11 is 0. The first-order valence-corrected chi connectivity index (χ1v) is 8.92. The number of nitrogens with zero attached hydrogens (tertiary/aromatic N) is 5. The van der Waals surface area contributed by atoms with Crippen molar-refractivity contribution >= 4 is 17.5 Å². The minimum Gasteiger partial charge on any atom is -0.472 e. The Morgan fingerprint density at radius 3 is 2.28 bits per heavy atom. The molecule has 3 heterocycles. The van der Waals surface area contributed by atoms with Crippen LogP contribution in [0.25, 0.3) is 5.69 Å². The SMILES string of the molecule is O=C(c1ccoc1)N1CCN(C(=O)c2ccc(-n3ccnc3)c([N+](=O)[O-])c2)CC1. The smallest absolute Gasteiger partial charge is 0.294 e. The monoisotopic (exact) mass is 395 g/mol. The van der Waals surface area contributed by atoms with Crippen LogP contribution >= 0.6 is 0 Å². The highest BCUT2D eigenvalue weighted by molar-refractivity contribution is 5.96. The van der Waals surface area contributed by atoms with Crippen molar-refractivity contribution in [3.8, 4) is 5.69 Å². The zero-order valence-corrected chi connectivity index (χ0v) is 15.3. The lowest BCUT2D eigenvalue weighted by atomic mass is 10.1. The Labute approximate surface area is 165 Å². The summed E-state index contributed by atoms with van der Waals surface area (Å²) in [7, 11) is 0. The molecule has 0 spiro atoms. The van der Waals surface area contributed by atoms with Crippen LogP contribution in [0.2, 0.25) is 0 Å².